The molecule has 0 saturated heterocycles. The van der Waals surface area contributed by atoms with Crippen LogP contribution in [0.2, 0.25) is 4.34 Å². The average Bonchev–Trinajstić information content (AvgIpc) is 2.98. The highest BCUT2D eigenvalue weighted by molar-refractivity contribution is 7.91. The first-order chi connectivity index (χ1) is 8.32. The summed E-state index contributed by atoms with van der Waals surface area (Å²) in [6.45, 7) is 0.450. The summed E-state index contributed by atoms with van der Waals surface area (Å²) in [6, 6.07) is 1.02. The molecule has 0 aliphatic heterocycles. The summed E-state index contributed by atoms with van der Waals surface area (Å²) in [7, 11) is -2.19. The van der Waals surface area contributed by atoms with E-state index in [0.717, 1.165) is 30.2 Å². The lowest BCUT2D eigenvalue weighted by Gasteiger charge is -2.14. The number of thiophene rings is 1. The minimum absolute atomic E-state index is 0.0812. The van der Waals surface area contributed by atoms with Gasteiger partial charge in [0, 0.05) is 19.7 Å². The summed E-state index contributed by atoms with van der Waals surface area (Å²) in [5, 5.41) is 10.6. The van der Waals surface area contributed by atoms with Gasteiger partial charge in [-0.1, -0.05) is 11.6 Å². The molecule has 1 aliphatic carbocycles. The maximum Gasteiger partial charge on any atom is 0.300 e. The Morgan fingerprint density at radius 1 is 1.61 bits per heavy atom. The Kier molecular flexibility index (Phi) is 3.63. The summed E-state index contributed by atoms with van der Waals surface area (Å²) in [4.78, 5) is 9.96. The summed E-state index contributed by atoms with van der Waals surface area (Å²) >= 11 is 6.38. The Hall–Kier alpha value is -0.700. The van der Waals surface area contributed by atoms with Gasteiger partial charge in [-0.05, 0) is 18.8 Å². The fourth-order valence-electron chi connectivity index (χ4n) is 1.51. The number of hydrogen-bond donors (Lipinski definition) is 0. The van der Waals surface area contributed by atoms with E-state index in [1.807, 2.05) is 0 Å². The maximum atomic E-state index is 12.1. The quantitative estimate of drug-likeness (QED) is 0.617. The van der Waals surface area contributed by atoms with E-state index in [1.54, 1.807) is 0 Å². The molecule has 0 bridgehead atoms. The van der Waals surface area contributed by atoms with Crippen LogP contribution in [0.3, 0.4) is 0 Å². The zero-order valence-electron chi connectivity index (χ0n) is 9.50. The molecular weight excluding hydrogens is 300 g/mol. The maximum absolute atomic E-state index is 12.1. The monoisotopic (exact) mass is 310 g/mol. The molecule has 1 heterocycles. The van der Waals surface area contributed by atoms with Crippen molar-refractivity contribution in [2.75, 3.05) is 13.6 Å². The molecule has 18 heavy (non-hydrogen) atoms. The Morgan fingerprint density at radius 3 is 2.67 bits per heavy atom. The van der Waals surface area contributed by atoms with Crippen LogP contribution in [0.25, 0.3) is 0 Å². The molecule has 6 nitrogen and oxygen atoms in total. The van der Waals surface area contributed by atoms with Crippen LogP contribution in [0.15, 0.2) is 10.3 Å². The van der Waals surface area contributed by atoms with Crippen LogP contribution >= 0.6 is 22.9 Å². The fraction of sp³-hybridized carbons (Fsp3) is 0.556. The van der Waals surface area contributed by atoms with Gasteiger partial charge in [0.25, 0.3) is 15.7 Å². The highest BCUT2D eigenvalue weighted by atomic mass is 35.5. The van der Waals surface area contributed by atoms with E-state index in [-0.39, 0.29) is 14.2 Å². The molecule has 9 heteroatoms. The molecule has 0 amide bonds. The predicted octanol–water partition coefficient (Wildman–Crippen LogP) is 2.34. The van der Waals surface area contributed by atoms with Gasteiger partial charge in [-0.25, -0.2) is 8.42 Å². The lowest BCUT2D eigenvalue weighted by Crippen LogP contribution is -2.28. The molecule has 0 N–H and O–H groups in total. The number of nitrogens with zero attached hydrogens (tertiary/aromatic N) is 2. The van der Waals surface area contributed by atoms with Gasteiger partial charge in [0.2, 0.25) is 0 Å². The number of halogens is 1. The van der Waals surface area contributed by atoms with Crippen molar-refractivity contribution in [3.8, 4) is 0 Å². The predicted molar refractivity (Wildman–Crippen MR) is 68.5 cm³/mol. The standard InChI is InChI=1S/C9H11ClN2O4S2/c1-11(5-6-2-3-6)18(15,16)8-4-7(12(13)14)9(10)17-8/h4,6H,2-3,5H2,1H3. The normalized spacial score (nSPS) is 16.2. The first-order valence-corrected chi connectivity index (χ1v) is 7.86. The van der Waals surface area contributed by atoms with Gasteiger partial charge < -0.3 is 0 Å². The molecule has 1 aliphatic rings. The Bertz CT molecular complexity index is 579. The van der Waals surface area contributed by atoms with Crippen molar-refractivity contribution < 1.29 is 13.3 Å². The molecule has 1 aromatic rings. The molecular formula is C9H11ClN2O4S2. The number of rotatable bonds is 5. The van der Waals surface area contributed by atoms with Crippen molar-refractivity contribution in [3.63, 3.8) is 0 Å². The van der Waals surface area contributed by atoms with Crippen molar-refractivity contribution in [2.45, 2.75) is 17.1 Å². The minimum Gasteiger partial charge on any atom is -0.258 e. The molecule has 1 saturated carbocycles. The second-order valence-electron chi connectivity index (χ2n) is 4.21. The number of hydrogen-bond acceptors (Lipinski definition) is 5. The smallest absolute Gasteiger partial charge is 0.258 e. The SMILES string of the molecule is CN(CC1CC1)S(=O)(=O)c1cc([N+](=O)[O-])c(Cl)s1. The highest BCUT2D eigenvalue weighted by Gasteiger charge is 2.32. The first-order valence-electron chi connectivity index (χ1n) is 5.22. The van der Waals surface area contributed by atoms with Crippen LogP contribution in [0.4, 0.5) is 5.69 Å². The molecule has 100 valence electrons. The van der Waals surface area contributed by atoms with Gasteiger partial charge in [-0.3, -0.25) is 10.1 Å². The van der Waals surface area contributed by atoms with Gasteiger partial charge in [-0.15, -0.1) is 11.3 Å². The zero-order valence-corrected chi connectivity index (χ0v) is 11.9. The van der Waals surface area contributed by atoms with Crippen molar-refractivity contribution >= 4 is 38.6 Å². The zero-order chi connectivity index (χ0) is 13.5. The average molecular weight is 311 g/mol. The van der Waals surface area contributed by atoms with Gasteiger partial charge in [0.15, 0.2) is 4.34 Å². The Labute approximate surface area is 113 Å². The third kappa shape index (κ3) is 2.66. The molecule has 2 rings (SSSR count). The molecule has 1 aromatic heterocycles. The van der Waals surface area contributed by atoms with Crippen molar-refractivity contribution in [1.82, 2.24) is 4.31 Å². The largest absolute Gasteiger partial charge is 0.300 e. The molecule has 0 atom stereocenters. The molecule has 0 spiro atoms. The van der Waals surface area contributed by atoms with E-state index in [1.165, 1.54) is 11.4 Å². The molecule has 1 fully saturated rings. The van der Waals surface area contributed by atoms with E-state index in [4.69, 9.17) is 11.6 Å². The van der Waals surface area contributed by atoms with Crippen LogP contribution in [-0.4, -0.2) is 31.2 Å². The highest BCUT2D eigenvalue weighted by Crippen LogP contribution is 2.38. The third-order valence-corrected chi connectivity index (χ3v) is 6.33. The number of sulfonamides is 1. The van der Waals surface area contributed by atoms with E-state index < -0.39 is 14.9 Å². The van der Waals surface area contributed by atoms with Crippen LogP contribution in [0.1, 0.15) is 12.8 Å². The van der Waals surface area contributed by atoms with Crippen molar-refractivity contribution in [1.29, 1.82) is 0 Å². The summed E-state index contributed by atoms with van der Waals surface area (Å²) in [5.41, 5.74) is -0.361. The van der Waals surface area contributed by atoms with Crippen LogP contribution in [-0.2, 0) is 10.0 Å². The second kappa shape index (κ2) is 4.76. The number of nitro groups is 1. The van der Waals surface area contributed by atoms with Gasteiger partial charge in [-0.2, -0.15) is 4.31 Å². The molecule has 0 aromatic carbocycles. The third-order valence-electron chi connectivity index (χ3n) is 2.72. The van der Waals surface area contributed by atoms with Gasteiger partial charge in [0.05, 0.1) is 4.92 Å². The minimum atomic E-state index is -3.67. The Morgan fingerprint density at radius 2 is 2.22 bits per heavy atom. The topological polar surface area (TPSA) is 80.5 Å². The lowest BCUT2D eigenvalue weighted by atomic mass is 10.4. The van der Waals surface area contributed by atoms with Crippen LogP contribution in [0, 0.1) is 16.0 Å². The van der Waals surface area contributed by atoms with Crippen LogP contribution < -0.4 is 0 Å². The fourth-order valence-corrected chi connectivity index (χ4v) is 4.63. The molecule has 0 radical (unpaired) electrons. The lowest BCUT2D eigenvalue weighted by molar-refractivity contribution is -0.384. The Balaban J connectivity index is 2.28. The van der Waals surface area contributed by atoms with Crippen molar-refractivity contribution in [3.05, 3.63) is 20.5 Å². The van der Waals surface area contributed by atoms with E-state index in [2.05, 4.69) is 0 Å². The van der Waals surface area contributed by atoms with Gasteiger partial charge in [0.1, 0.15) is 4.21 Å². The van der Waals surface area contributed by atoms with E-state index in [0.29, 0.717) is 12.5 Å². The van der Waals surface area contributed by atoms with Crippen LogP contribution in [0.5, 0.6) is 0 Å². The summed E-state index contributed by atoms with van der Waals surface area (Å²) in [6.07, 6.45) is 2.07. The van der Waals surface area contributed by atoms with Crippen molar-refractivity contribution in [2.24, 2.45) is 5.92 Å². The molecule has 0 unspecified atom stereocenters. The first kappa shape index (κ1) is 13.7. The summed E-state index contributed by atoms with van der Waals surface area (Å²) in [5.74, 6) is 0.412. The second-order valence-corrected chi connectivity index (χ2v) is 8.14. The van der Waals surface area contributed by atoms with E-state index in [9.17, 15) is 18.5 Å². The van der Waals surface area contributed by atoms with E-state index >= 15 is 0 Å². The summed E-state index contributed by atoms with van der Waals surface area (Å²) < 4.78 is 25.3. The van der Waals surface area contributed by atoms with Gasteiger partial charge >= 0.3 is 0 Å².